The van der Waals surface area contributed by atoms with Gasteiger partial charge in [-0.15, -0.1) is 0 Å². The molecule has 9 nitrogen and oxygen atoms in total. The molecule has 2 atom stereocenters. The van der Waals surface area contributed by atoms with Crippen LogP contribution >= 0.6 is 0 Å². The summed E-state index contributed by atoms with van der Waals surface area (Å²) in [6.07, 6.45) is 2.04. The summed E-state index contributed by atoms with van der Waals surface area (Å²) in [4.78, 5) is 0. The molecule has 0 aliphatic carbocycles. The highest BCUT2D eigenvalue weighted by Crippen LogP contribution is 2.53. The number of ether oxygens (including phenoxy) is 1. The van der Waals surface area contributed by atoms with E-state index < -0.39 is 31.4 Å². The molecule has 1 saturated heterocycles. The van der Waals surface area contributed by atoms with Crippen molar-refractivity contribution in [1.82, 2.24) is 4.48 Å². The molecule has 11 heteroatoms. The van der Waals surface area contributed by atoms with Gasteiger partial charge in [-0.2, -0.15) is 8.42 Å². The number of nitrogens with zero attached hydrogens (tertiary/aromatic N) is 1. The van der Waals surface area contributed by atoms with E-state index in [2.05, 4.69) is 0 Å². The molecule has 3 heterocycles. The van der Waals surface area contributed by atoms with Gasteiger partial charge < -0.3 is 13.7 Å². The topological polar surface area (TPSA) is 134 Å². The first-order valence-electron chi connectivity index (χ1n) is 14.0. The Kier molecular flexibility index (Phi) is 6.76. The van der Waals surface area contributed by atoms with Gasteiger partial charge in [-0.25, -0.2) is 12.9 Å². The van der Waals surface area contributed by atoms with Gasteiger partial charge in [0.2, 0.25) is 0 Å². The largest absolute Gasteiger partial charge is 0.743 e. The van der Waals surface area contributed by atoms with E-state index >= 15 is 0 Å². The Morgan fingerprint density at radius 1 is 0.841 bits per heavy atom. The molecule has 1 fully saturated rings. The average molecular weight is 630 g/mol. The van der Waals surface area contributed by atoms with Gasteiger partial charge in [-0.1, -0.05) is 72.8 Å². The Hall–Kier alpha value is -4.26. The Balaban J connectivity index is 1.44. The Morgan fingerprint density at radius 2 is 1.48 bits per heavy atom. The van der Waals surface area contributed by atoms with Gasteiger partial charge in [-0.3, -0.25) is 4.55 Å². The maximum atomic E-state index is 12.7. The molecule has 2 aliphatic heterocycles. The van der Waals surface area contributed by atoms with Crippen molar-refractivity contribution in [2.75, 3.05) is 6.54 Å². The van der Waals surface area contributed by atoms with Crippen LogP contribution in [0.3, 0.4) is 0 Å². The second-order valence-electron chi connectivity index (χ2n) is 11.1. The van der Waals surface area contributed by atoms with Crippen LogP contribution in [0.15, 0.2) is 107 Å². The molecule has 1 N–H and O–H groups in total. The van der Waals surface area contributed by atoms with Crippen LogP contribution in [0.4, 0.5) is 5.69 Å². The molecule has 1 spiro atoms. The summed E-state index contributed by atoms with van der Waals surface area (Å²) in [5.41, 5.74) is 4.54. The lowest BCUT2D eigenvalue weighted by Gasteiger charge is -2.35. The molecule has 44 heavy (non-hydrogen) atoms. The molecule has 2 aliphatic rings. The van der Waals surface area contributed by atoms with E-state index in [1.165, 1.54) is 6.08 Å². The summed E-state index contributed by atoms with van der Waals surface area (Å²) in [7, 11) is -9.31. The molecular weight excluding hydrogens is 602 g/mol. The fraction of sp³-hybridized carbons (Fsp3) is 0.152. The van der Waals surface area contributed by atoms with Gasteiger partial charge in [0.1, 0.15) is 17.1 Å². The van der Waals surface area contributed by atoms with Crippen molar-refractivity contribution in [3.05, 3.63) is 114 Å². The maximum Gasteiger partial charge on any atom is 0.307 e. The van der Waals surface area contributed by atoms with Crippen LogP contribution in [0, 0.1) is 0 Å². The zero-order valence-corrected chi connectivity index (χ0v) is 24.9. The van der Waals surface area contributed by atoms with Crippen LogP contribution < -0.4 is 9.22 Å². The predicted octanol–water partition coefficient (Wildman–Crippen LogP) is 6.52. The van der Waals surface area contributed by atoms with Crippen LogP contribution in [0.25, 0.3) is 39.3 Å². The third-order valence-electron chi connectivity index (χ3n) is 8.40. The summed E-state index contributed by atoms with van der Waals surface area (Å²) >= 11 is 0. The molecule has 0 bridgehead atoms. The van der Waals surface area contributed by atoms with Gasteiger partial charge >= 0.3 is 5.88 Å². The molecule has 2 unspecified atom stereocenters. The van der Waals surface area contributed by atoms with Crippen molar-refractivity contribution < 1.29 is 35.1 Å². The molecule has 0 amide bonds. The second-order valence-corrected chi connectivity index (χ2v) is 14.0. The zero-order valence-electron chi connectivity index (χ0n) is 23.3. The van der Waals surface area contributed by atoms with E-state index in [4.69, 9.17) is 9.15 Å². The number of rotatable bonds is 6. The standard InChI is InChI=1S/C33H27NO8S2/c35-43(36,37)21-27-26-18-24(22-8-3-1-4-9-22)13-15-29(26)41-31(27)20-32-34(17-7-12-33(34)44(38,39)40)28-19-25(14-16-30(28)42-32)23-10-5-2-6-11-23/h1-6,8-11,13-16,18-20,33H,7,12,17,21H2,(H-,35,36,37,38,39,40). The summed E-state index contributed by atoms with van der Waals surface area (Å²) in [5.74, 6) is -0.136. The first-order chi connectivity index (χ1) is 21.0. The first-order valence-corrected chi connectivity index (χ1v) is 17.1. The Morgan fingerprint density at radius 3 is 2.11 bits per heavy atom. The van der Waals surface area contributed by atoms with Gasteiger partial charge in [0.15, 0.2) is 26.9 Å². The lowest BCUT2D eigenvalue weighted by atomic mass is 10.0. The van der Waals surface area contributed by atoms with Gasteiger partial charge in [0.25, 0.3) is 10.1 Å². The third kappa shape index (κ3) is 4.92. The van der Waals surface area contributed by atoms with E-state index in [1.54, 1.807) is 18.2 Å². The van der Waals surface area contributed by atoms with Crippen molar-refractivity contribution >= 4 is 43.0 Å². The van der Waals surface area contributed by atoms with Crippen LogP contribution in [0.5, 0.6) is 5.75 Å². The molecule has 7 rings (SSSR count). The molecule has 224 valence electrons. The second kappa shape index (κ2) is 10.4. The normalized spacial score (nSPS) is 20.8. The third-order valence-corrected chi connectivity index (χ3v) is 10.3. The predicted molar refractivity (Wildman–Crippen MR) is 167 cm³/mol. The fourth-order valence-electron chi connectivity index (χ4n) is 6.49. The molecule has 1 aromatic heterocycles. The van der Waals surface area contributed by atoms with E-state index in [0.717, 1.165) is 22.3 Å². The fourth-order valence-corrected chi connectivity index (χ4v) is 8.37. The quantitative estimate of drug-likeness (QED) is 0.166. The van der Waals surface area contributed by atoms with Gasteiger partial charge in [0, 0.05) is 29.9 Å². The van der Waals surface area contributed by atoms with E-state index in [-0.39, 0.29) is 34.7 Å². The van der Waals surface area contributed by atoms with E-state index in [9.17, 15) is 25.9 Å². The lowest BCUT2D eigenvalue weighted by Crippen LogP contribution is -2.53. The minimum atomic E-state index is -4.80. The first kappa shape index (κ1) is 28.5. The molecular formula is C33H27NO8S2. The maximum absolute atomic E-state index is 12.7. The number of quaternary nitrogens is 1. The van der Waals surface area contributed by atoms with E-state index in [1.807, 2.05) is 78.9 Å². The van der Waals surface area contributed by atoms with Crippen LogP contribution in [0.1, 0.15) is 24.2 Å². The summed E-state index contributed by atoms with van der Waals surface area (Å²) in [6, 6.07) is 29.9. The van der Waals surface area contributed by atoms with Crippen LogP contribution in [0.2, 0.25) is 0 Å². The Labute approximate surface area is 254 Å². The minimum absolute atomic E-state index is 0.0837. The average Bonchev–Trinajstić information content (AvgIpc) is 3.68. The molecule has 4 aromatic carbocycles. The van der Waals surface area contributed by atoms with Crippen molar-refractivity contribution in [3.63, 3.8) is 0 Å². The van der Waals surface area contributed by atoms with Crippen molar-refractivity contribution in [1.29, 1.82) is 0 Å². The summed E-state index contributed by atoms with van der Waals surface area (Å²) < 4.78 is 84.6. The summed E-state index contributed by atoms with van der Waals surface area (Å²) in [6.45, 7) is 0.273. The van der Waals surface area contributed by atoms with Crippen molar-refractivity contribution in [3.8, 4) is 28.0 Å². The number of fused-ring (bicyclic) bond motifs is 3. The molecule has 0 radical (unpaired) electrons. The smallest absolute Gasteiger partial charge is 0.307 e. The number of furan rings is 1. The van der Waals surface area contributed by atoms with Gasteiger partial charge in [0.05, 0.1) is 12.6 Å². The Bertz CT molecular complexity index is 2160. The molecule has 0 saturated carbocycles. The minimum Gasteiger partial charge on any atom is -0.743 e. The highest BCUT2D eigenvalue weighted by molar-refractivity contribution is 7.86. The summed E-state index contributed by atoms with van der Waals surface area (Å²) in [5, 5.41) is -0.890. The SMILES string of the molecule is O=S(=O)(O)Cc1c(C=C2Oc3ccc(-c4ccccc4)cc3[N+]23CCCC3S(=O)(=O)[O-])oc2ccc(-c3ccccc3)cc12. The number of hydrogen-bond donors (Lipinski definition) is 1. The number of benzene rings is 4. The van der Waals surface area contributed by atoms with Crippen LogP contribution in [-0.4, -0.2) is 37.9 Å². The highest BCUT2D eigenvalue weighted by atomic mass is 32.2. The molecule has 5 aromatic rings. The van der Waals surface area contributed by atoms with Crippen LogP contribution in [-0.2, 0) is 26.0 Å². The lowest BCUT2D eigenvalue weighted by molar-refractivity contribution is 0.274. The van der Waals surface area contributed by atoms with Crippen molar-refractivity contribution in [2.24, 2.45) is 0 Å². The zero-order chi connectivity index (χ0) is 30.7. The van der Waals surface area contributed by atoms with Gasteiger partial charge in [-0.05, 0) is 40.5 Å². The van der Waals surface area contributed by atoms with Crippen molar-refractivity contribution in [2.45, 2.75) is 24.0 Å². The monoisotopic (exact) mass is 629 g/mol. The number of hydrogen-bond acceptors (Lipinski definition) is 7. The van der Waals surface area contributed by atoms with E-state index in [0.29, 0.717) is 28.8 Å². The highest BCUT2D eigenvalue weighted by Gasteiger charge is 2.57.